The predicted octanol–water partition coefficient (Wildman–Crippen LogP) is 4.13. The summed E-state index contributed by atoms with van der Waals surface area (Å²) in [7, 11) is 3.38. The molecular formula is C12H10O2S2. The van der Waals surface area contributed by atoms with Crippen LogP contribution in [0.4, 0.5) is 0 Å². The van der Waals surface area contributed by atoms with Crippen molar-refractivity contribution in [2.24, 2.45) is 0 Å². The summed E-state index contributed by atoms with van der Waals surface area (Å²) in [5, 5.41) is 6.45. The molecule has 0 aliphatic carbocycles. The van der Waals surface area contributed by atoms with Crippen molar-refractivity contribution >= 4 is 42.8 Å². The summed E-state index contributed by atoms with van der Waals surface area (Å²) in [4.78, 5) is 0. The fourth-order valence-corrected chi connectivity index (χ4v) is 3.96. The molecule has 0 fully saturated rings. The van der Waals surface area contributed by atoms with Crippen molar-refractivity contribution in [2.45, 2.75) is 0 Å². The lowest BCUT2D eigenvalue weighted by Crippen LogP contribution is -1.91. The van der Waals surface area contributed by atoms with E-state index in [9.17, 15) is 0 Å². The van der Waals surface area contributed by atoms with Gasteiger partial charge in [-0.3, -0.25) is 0 Å². The molecule has 0 amide bonds. The molecular weight excluding hydrogens is 240 g/mol. The summed E-state index contributed by atoms with van der Waals surface area (Å²) in [6.45, 7) is 0. The highest BCUT2D eigenvalue weighted by molar-refractivity contribution is 7.25. The number of rotatable bonds is 2. The Morgan fingerprint density at radius 1 is 0.812 bits per heavy atom. The number of fused-ring (bicyclic) bond motifs is 3. The number of ether oxygens (including phenoxy) is 2. The Morgan fingerprint density at radius 2 is 1.25 bits per heavy atom. The van der Waals surface area contributed by atoms with Crippen molar-refractivity contribution in [1.82, 2.24) is 0 Å². The Hall–Kier alpha value is -1.26. The molecule has 3 rings (SSSR count). The molecule has 3 aromatic rings. The van der Waals surface area contributed by atoms with E-state index in [1.807, 2.05) is 0 Å². The zero-order valence-electron chi connectivity index (χ0n) is 8.94. The molecule has 0 aliphatic rings. The molecule has 82 valence electrons. The maximum atomic E-state index is 5.47. The van der Waals surface area contributed by atoms with E-state index in [2.05, 4.69) is 22.9 Å². The zero-order chi connectivity index (χ0) is 11.1. The van der Waals surface area contributed by atoms with Crippen LogP contribution in [0.1, 0.15) is 0 Å². The minimum Gasteiger partial charge on any atom is -0.492 e. The average molecular weight is 250 g/mol. The lowest BCUT2D eigenvalue weighted by atomic mass is 10.1. The first-order valence-corrected chi connectivity index (χ1v) is 6.61. The van der Waals surface area contributed by atoms with Crippen molar-refractivity contribution in [1.29, 1.82) is 0 Å². The monoisotopic (exact) mass is 250 g/mol. The van der Waals surface area contributed by atoms with Crippen LogP contribution in [0.15, 0.2) is 22.9 Å². The van der Waals surface area contributed by atoms with Gasteiger partial charge in [-0.2, -0.15) is 0 Å². The largest absolute Gasteiger partial charge is 0.492 e. The number of hydrogen-bond donors (Lipinski definition) is 0. The minimum absolute atomic E-state index is 0.838. The molecule has 16 heavy (non-hydrogen) atoms. The Labute approximate surface area is 101 Å². The van der Waals surface area contributed by atoms with E-state index in [1.165, 1.54) is 9.40 Å². The van der Waals surface area contributed by atoms with Crippen LogP contribution >= 0.6 is 22.7 Å². The first-order chi connectivity index (χ1) is 7.86. The van der Waals surface area contributed by atoms with Crippen LogP contribution in [-0.4, -0.2) is 14.2 Å². The molecule has 2 aromatic heterocycles. The van der Waals surface area contributed by atoms with E-state index in [-0.39, 0.29) is 0 Å². The molecule has 4 heteroatoms. The highest BCUT2D eigenvalue weighted by Gasteiger charge is 2.16. The zero-order valence-corrected chi connectivity index (χ0v) is 10.6. The predicted molar refractivity (Wildman–Crippen MR) is 70.3 cm³/mol. The van der Waals surface area contributed by atoms with Gasteiger partial charge in [0.2, 0.25) is 0 Å². The van der Waals surface area contributed by atoms with Gasteiger partial charge < -0.3 is 9.47 Å². The first-order valence-electron chi connectivity index (χ1n) is 4.85. The summed E-state index contributed by atoms with van der Waals surface area (Å²) in [6, 6.07) is 4.17. The normalized spacial score (nSPS) is 11.1. The fourth-order valence-electron chi connectivity index (χ4n) is 1.98. The van der Waals surface area contributed by atoms with Gasteiger partial charge in [0, 0.05) is 10.8 Å². The van der Waals surface area contributed by atoms with Crippen LogP contribution in [0.5, 0.6) is 11.5 Å². The maximum Gasteiger partial charge on any atom is 0.170 e. The lowest BCUT2D eigenvalue weighted by Gasteiger charge is -2.10. The van der Waals surface area contributed by atoms with Crippen LogP contribution in [0, 0.1) is 0 Å². The van der Waals surface area contributed by atoms with E-state index in [4.69, 9.17) is 9.47 Å². The molecule has 0 atom stereocenters. The maximum absolute atomic E-state index is 5.47. The standard InChI is InChI=1S/C12H10O2S2/c1-13-9-7-3-5-15-11(7)12-8(4-6-16-12)10(9)14-2/h3-6H,1-2H3. The number of benzene rings is 1. The molecule has 0 unspecified atom stereocenters. The van der Waals surface area contributed by atoms with Gasteiger partial charge in [0.25, 0.3) is 0 Å². The van der Waals surface area contributed by atoms with Crippen molar-refractivity contribution in [3.63, 3.8) is 0 Å². The van der Waals surface area contributed by atoms with Crippen LogP contribution in [0.25, 0.3) is 20.2 Å². The molecule has 0 radical (unpaired) electrons. The van der Waals surface area contributed by atoms with Gasteiger partial charge in [-0.15, -0.1) is 22.7 Å². The molecule has 0 N–H and O–H groups in total. The summed E-state index contributed by atoms with van der Waals surface area (Å²) in [6.07, 6.45) is 0. The van der Waals surface area contributed by atoms with E-state index in [0.29, 0.717) is 0 Å². The summed E-state index contributed by atoms with van der Waals surface area (Å²) < 4.78 is 13.5. The smallest absolute Gasteiger partial charge is 0.170 e. The molecule has 2 nitrogen and oxygen atoms in total. The Balaban J connectivity index is 2.59. The molecule has 0 aliphatic heterocycles. The Kier molecular flexibility index (Phi) is 2.26. The van der Waals surface area contributed by atoms with Crippen molar-refractivity contribution in [2.75, 3.05) is 14.2 Å². The highest BCUT2D eigenvalue weighted by atomic mass is 32.1. The Morgan fingerprint density at radius 3 is 1.62 bits per heavy atom. The molecule has 0 bridgehead atoms. The van der Waals surface area contributed by atoms with Gasteiger partial charge in [-0.1, -0.05) is 0 Å². The third-order valence-electron chi connectivity index (χ3n) is 2.64. The second kappa shape index (κ2) is 3.64. The third-order valence-corrected chi connectivity index (χ3v) is 4.63. The van der Waals surface area contributed by atoms with Gasteiger partial charge in [-0.25, -0.2) is 0 Å². The fraction of sp³-hybridized carbons (Fsp3) is 0.167. The second-order valence-corrected chi connectivity index (χ2v) is 5.23. The lowest BCUT2D eigenvalue weighted by molar-refractivity contribution is 0.362. The van der Waals surface area contributed by atoms with Gasteiger partial charge in [-0.05, 0) is 22.9 Å². The van der Waals surface area contributed by atoms with E-state index in [0.717, 1.165) is 22.3 Å². The Bertz CT molecular complexity index is 594. The highest BCUT2D eigenvalue weighted by Crippen LogP contribution is 2.47. The molecule has 1 aromatic carbocycles. The number of hydrogen-bond acceptors (Lipinski definition) is 4. The number of thiophene rings is 2. The third kappa shape index (κ3) is 1.17. The van der Waals surface area contributed by atoms with Crippen LogP contribution in [0.3, 0.4) is 0 Å². The summed E-state index contributed by atoms with van der Waals surface area (Å²) >= 11 is 3.49. The van der Waals surface area contributed by atoms with E-state index < -0.39 is 0 Å². The molecule has 0 saturated carbocycles. The van der Waals surface area contributed by atoms with Gasteiger partial charge in [0.15, 0.2) is 11.5 Å². The van der Waals surface area contributed by atoms with Crippen LogP contribution in [0.2, 0.25) is 0 Å². The van der Waals surface area contributed by atoms with Crippen LogP contribution in [-0.2, 0) is 0 Å². The SMILES string of the molecule is COc1c(OC)c2ccsc2c2sccc12. The molecule has 0 spiro atoms. The van der Waals surface area contributed by atoms with Crippen molar-refractivity contribution < 1.29 is 9.47 Å². The van der Waals surface area contributed by atoms with Crippen LogP contribution < -0.4 is 9.47 Å². The van der Waals surface area contributed by atoms with E-state index >= 15 is 0 Å². The summed E-state index contributed by atoms with van der Waals surface area (Å²) in [5.74, 6) is 1.68. The van der Waals surface area contributed by atoms with Crippen molar-refractivity contribution in [3.8, 4) is 11.5 Å². The van der Waals surface area contributed by atoms with Crippen molar-refractivity contribution in [3.05, 3.63) is 22.9 Å². The minimum atomic E-state index is 0.838. The number of methoxy groups -OCH3 is 2. The van der Waals surface area contributed by atoms with Gasteiger partial charge in [0.1, 0.15) is 0 Å². The van der Waals surface area contributed by atoms with E-state index in [1.54, 1.807) is 36.9 Å². The first kappa shape index (κ1) is 9.93. The average Bonchev–Trinajstić information content (AvgIpc) is 2.93. The summed E-state index contributed by atoms with van der Waals surface area (Å²) in [5.41, 5.74) is 0. The molecule has 2 heterocycles. The second-order valence-electron chi connectivity index (χ2n) is 3.39. The molecule has 0 saturated heterocycles. The topological polar surface area (TPSA) is 18.5 Å². The quantitative estimate of drug-likeness (QED) is 0.680. The van der Waals surface area contributed by atoms with Gasteiger partial charge in [0.05, 0.1) is 23.6 Å². The van der Waals surface area contributed by atoms with Gasteiger partial charge >= 0.3 is 0 Å².